The first-order valence-electron chi connectivity index (χ1n) is 6.44. The number of rotatable bonds is 3. The van der Waals surface area contributed by atoms with Crippen molar-refractivity contribution in [2.45, 2.75) is 37.9 Å². The third kappa shape index (κ3) is 2.97. The quantitative estimate of drug-likeness (QED) is 0.632. The summed E-state index contributed by atoms with van der Waals surface area (Å²) in [4.78, 5) is 11.9. The van der Waals surface area contributed by atoms with Crippen molar-refractivity contribution in [3.8, 4) is 0 Å². The predicted molar refractivity (Wildman–Crippen MR) is 63.6 cm³/mol. The van der Waals surface area contributed by atoms with Crippen LogP contribution in [0.15, 0.2) is 0 Å². The molecule has 2 fully saturated rings. The van der Waals surface area contributed by atoms with Crippen LogP contribution in [0.1, 0.15) is 26.2 Å². The largest absolute Gasteiger partial charge is 0.385 e. The predicted octanol–water partition coefficient (Wildman–Crippen LogP) is -0.358. The number of hydrogen-bond acceptors (Lipinski definition) is 4. The number of aliphatic hydroxyl groups is 1. The lowest BCUT2D eigenvalue weighted by Gasteiger charge is -2.28. The second-order valence-corrected chi connectivity index (χ2v) is 5.13. The molecule has 98 valence electrons. The first-order chi connectivity index (χ1) is 8.12. The molecule has 17 heavy (non-hydrogen) atoms. The summed E-state index contributed by atoms with van der Waals surface area (Å²) in [5.41, 5.74) is -0.891. The molecule has 5 heteroatoms. The Balaban J connectivity index is 1.79. The lowest BCUT2D eigenvalue weighted by Crippen LogP contribution is -2.50. The molecule has 3 unspecified atom stereocenters. The Morgan fingerprint density at radius 1 is 1.65 bits per heavy atom. The van der Waals surface area contributed by atoms with Crippen LogP contribution in [-0.4, -0.2) is 49.0 Å². The first-order valence-corrected chi connectivity index (χ1v) is 6.44. The van der Waals surface area contributed by atoms with Gasteiger partial charge in [-0.1, -0.05) is 0 Å². The Labute approximate surface area is 102 Å². The van der Waals surface area contributed by atoms with Gasteiger partial charge in [0, 0.05) is 26.1 Å². The molecule has 0 saturated carbocycles. The summed E-state index contributed by atoms with van der Waals surface area (Å²) in [7, 11) is 0. The van der Waals surface area contributed by atoms with Gasteiger partial charge >= 0.3 is 0 Å². The monoisotopic (exact) mass is 242 g/mol. The minimum absolute atomic E-state index is 0.0460. The van der Waals surface area contributed by atoms with Crippen molar-refractivity contribution in [2.75, 3.05) is 26.2 Å². The number of amides is 1. The SMILES string of the molecule is CC1OCCC1(O)CNC(=O)C1CCCNC1. The van der Waals surface area contributed by atoms with Gasteiger partial charge < -0.3 is 20.5 Å². The van der Waals surface area contributed by atoms with Crippen molar-refractivity contribution in [3.05, 3.63) is 0 Å². The molecule has 3 N–H and O–H groups in total. The van der Waals surface area contributed by atoms with Crippen LogP contribution in [0.2, 0.25) is 0 Å². The Bertz CT molecular complexity index is 279. The third-order valence-corrected chi connectivity index (χ3v) is 3.90. The maximum atomic E-state index is 11.9. The van der Waals surface area contributed by atoms with Crippen molar-refractivity contribution in [3.63, 3.8) is 0 Å². The molecule has 2 heterocycles. The average Bonchev–Trinajstić information content (AvgIpc) is 2.68. The molecule has 0 aromatic rings. The normalized spacial score (nSPS) is 38.0. The Kier molecular flexibility index (Phi) is 4.01. The summed E-state index contributed by atoms with van der Waals surface area (Å²) in [5, 5.41) is 16.3. The molecule has 2 aliphatic heterocycles. The van der Waals surface area contributed by atoms with Gasteiger partial charge in [-0.25, -0.2) is 0 Å². The van der Waals surface area contributed by atoms with Crippen LogP contribution < -0.4 is 10.6 Å². The molecule has 3 atom stereocenters. The number of nitrogens with one attached hydrogen (secondary N) is 2. The fourth-order valence-electron chi connectivity index (χ4n) is 2.46. The molecule has 2 aliphatic rings. The van der Waals surface area contributed by atoms with Gasteiger partial charge in [-0.2, -0.15) is 0 Å². The minimum atomic E-state index is -0.891. The average molecular weight is 242 g/mol. The van der Waals surface area contributed by atoms with Gasteiger partial charge in [-0.15, -0.1) is 0 Å². The van der Waals surface area contributed by atoms with E-state index >= 15 is 0 Å². The van der Waals surface area contributed by atoms with Gasteiger partial charge in [-0.3, -0.25) is 4.79 Å². The van der Waals surface area contributed by atoms with E-state index in [0.717, 1.165) is 25.9 Å². The molecule has 0 aliphatic carbocycles. The van der Waals surface area contributed by atoms with E-state index in [1.807, 2.05) is 6.92 Å². The van der Waals surface area contributed by atoms with Gasteiger partial charge in [0.2, 0.25) is 5.91 Å². The molecular formula is C12H22N2O3. The summed E-state index contributed by atoms with van der Waals surface area (Å²) < 4.78 is 5.33. The highest BCUT2D eigenvalue weighted by atomic mass is 16.5. The van der Waals surface area contributed by atoms with Crippen LogP contribution in [0, 0.1) is 5.92 Å². The van der Waals surface area contributed by atoms with Crippen LogP contribution in [0.4, 0.5) is 0 Å². The van der Waals surface area contributed by atoms with E-state index in [0.29, 0.717) is 19.6 Å². The topological polar surface area (TPSA) is 70.6 Å². The van der Waals surface area contributed by atoms with Crippen LogP contribution in [0.25, 0.3) is 0 Å². The molecule has 0 aromatic heterocycles. The summed E-state index contributed by atoms with van der Waals surface area (Å²) in [6.07, 6.45) is 2.37. The molecule has 1 amide bonds. The lowest BCUT2D eigenvalue weighted by molar-refractivity contribution is -0.127. The van der Waals surface area contributed by atoms with E-state index in [4.69, 9.17) is 4.74 Å². The zero-order chi connectivity index (χ0) is 12.3. The van der Waals surface area contributed by atoms with Crippen LogP contribution >= 0.6 is 0 Å². The van der Waals surface area contributed by atoms with Crippen molar-refractivity contribution < 1.29 is 14.6 Å². The van der Waals surface area contributed by atoms with E-state index in [1.165, 1.54) is 0 Å². The Hall–Kier alpha value is -0.650. The molecule has 5 nitrogen and oxygen atoms in total. The fourth-order valence-corrected chi connectivity index (χ4v) is 2.46. The van der Waals surface area contributed by atoms with Crippen LogP contribution in [-0.2, 0) is 9.53 Å². The van der Waals surface area contributed by atoms with Crippen molar-refractivity contribution in [1.82, 2.24) is 10.6 Å². The van der Waals surface area contributed by atoms with E-state index in [-0.39, 0.29) is 17.9 Å². The second-order valence-electron chi connectivity index (χ2n) is 5.13. The van der Waals surface area contributed by atoms with Gasteiger partial charge in [0.25, 0.3) is 0 Å². The van der Waals surface area contributed by atoms with E-state index in [1.54, 1.807) is 0 Å². The lowest BCUT2D eigenvalue weighted by atomic mass is 9.95. The highest BCUT2D eigenvalue weighted by molar-refractivity contribution is 5.79. The van der Waals surface area contributed by atoms with Gasteiger partial charge in [-0.05, 0) is 26.3 Å². The number of carbonyl (C=O) groups is 1. The molecular weight excluding hydrogens is 220 g/mol. The zero-order valence-corrected chi connectivity index (χ0v) is 10.4. The summed E-state index contributed by atoms with van der Waals surface area (Å²) in [5.74, 6) is 0.0923. The molecule has 0 bridgehead atoms. The highest BCUT2D eigenvalue weighted by Crippen LogP contribution is 2.24. The maximum Gasteiger partial charge on any atom is 0.224 e. The Morgan fingerprint density at radius 2 is 2.47 bits per heavy atom. The number of hydrogen-bond donors (Lipinski definition) is 3. The van der Waals surface area contributed by atoms with Gasteiger partial charge in [0.1, 0.15) is 5.60 Å². The van der Waals surface area contributed by atoms with Crippen molar-refractivity contribution in [2.24, 2.45) is 5.92 Å². The van der Waals surface area contributed by atoms with Gasteiger partial charge in [0.15, 0.2) is 0 Å². The number of carbonyl (C=O) groups excluding carboxylic acids is 1. The molecule has 2 saturated heterocycles. The standard InChI is InChI=1S/C12H22N2O3/c1-9-12(16,4-6-17-9)8-14-11(15)10-3-2-5-13-7-10/h9-10,13,16H,2-8H2,1H3,(H,14,15). The Morgan fingerprint density at radius 3 is 3.06 bits per heavy atom. The molecule has 2 rings (SSSR count). The van der Waals surface area contributed by atoms with Gasteiger partial charge in [0.05, 0.1) is 12.0 Å². The second kappa shape index (κ2) is 5.33. The smallest absolute Gasteiger partial charge is 0.224 e. The third-order valence-electron chi connectivity index (χ3n) is 3.90. The highest BCUT2D eigenvalue weighted by Gasteiger charge is 2.40. The maximum absolute atomic E-state index is 11.9. The van der Waals surface area contributed by atoms with E-state index < -0.39 is 5.60 Å². The number of piperidine rings is 1. The van der Waals surface area contributed by atoms with Crippen LogP contribution in [0.3, 0.4) is 0 Å². The van der Waals surface area contributed by atoms with E-state index in [2.05, 4.69) is 10.6 Å². The number of ether oxygens (including phenoxy) is 1. The van der Waals surface area contributed by atoms with Crippen LogP contribution in [0.5, 0.6) is 0 Å². The summed E-state index contributed by atoms with van der Waals surface area (Å²) in [6.45, 7) is 4.46. The van der Waals surface area contributed by atoms with Crippen molar-refractivity contribution in [1.29, 1.82) is 0 Å². The molecule has 0 spiro atoms. The zero-order valence-electron chi connectivity index (χ0n) is 10.4. The first kappa shape index (κ1) is 12.8. The molecule has 0 radical (unpaired) electrons. The molecule has 0 aromatic carbocycles. The summed E-state index contributed by atoms with van der Waals surface area (Å²) in [6, 6.07) is 0. The fraction of sp³-hybridized carbons (Fsp3) is 0.917. The summed E-state index contributed by atoms with van der Waals surface area (Å²) >= 11 is 0. The van der Waals surface area contributed by atoms with Crippen molar-refractivity contribution >= 4 is 5.91 Å². The van der Waals surface area contributed by atoms with E-state index in [9.17, 15) is 9.90 Å². The minimum Gasteiger partial charge on any atom is -0.385 e.